The van der Waals surface area contributed by atoms with Gasteiger partial charge in [0.1, 0.15) is 0 Å². The number of aryl methyl sites for hydroxylation is 1. The summed E-state index contributed by atoms with van der Waals surface area (Å²) >= 11 is 0. The predicted octanol–water partition coefficient (Wildman–Crippen LogP) is 1.15. The van der Waals surface area contributed by atoms with Crippen molar-refractivity contribution in [2.45, 2.75) is 30.7 Å². The van der Waals surface area contributed by atoms with Gasteiger partial charge >= 0.3 is 5.97 Å². The largest absolute Gasteiger partial charge is 0.465 e. The lowest BCUT2D eigenvalue weighted by Gasteiger charge is -2.29. The second-order valence-corrected chi connectivity index (χ2v) is 7.38. The van der Waals surface area contributed by atoms with Gasteiger partial charge in [0.05, 0.1) is 17.6 Å². The molecule has 0 saturated carbocycles. The van der Waals surface area contributed by atoms with Gasteiger partial charge in [-0.2, -0.15) is 0 Å². The van der Waals surface area contributed by atoms with Gasteiger partial charge in [0.25, 0.3) is 0 Å². The Labute approximate surface area is 131 Å². The number of carbonyl (C=O) groups is 1. The van der Waals surface area contributed by atoms with Crippen LogP contribution < -0.4 is 4.72 Å². The minimum absolute atomic E-state index is 0.0657. The molecule has 1 aliphatic heterocycles. The number of ether oxygens (including phenoxy) is 1. The number of carbonyl (C=O) groups excluding carboxylic acids is 1. The van der Waals surface area contributed by atoms with Gasteiger partial charge in [-0.25, -0.2) is 17.9 Å². The number of sulfonamides is 1. The standard InChI is InChI=1S/C15H22N2O4S/c1-11-4-5-13(10-14(11)15(18)21-3)22(19,20)16-12-6-8-17(2)9-7-12/h4-5,10,12,16H,6-9H2,1-3H3. The van der Waals surface area contributed by atoms with Crippen LogP contribution in [0.15, 0.2) is 23.1 Å². The van der Waals surface area contributed by atoms with E-state index in [0.29, 0.717) is 5.56 Å². The highest BCUT2D eigenvalue weighted by atomic mass is 32.2. The van der Waals surface area contributed by atoms with Crippen LogP contribution in [0, 0.1) is 6.92 Å². The van der Waals surface area contributed by atoms with Gasteiger partial charge in [-0.15, -0.1) is 0 Å². The number of rotatable bonds is 4. The summed E-state index contributed by atoms with van der Waals surface area (Å²) in [6.45, 7) is 3.48. The number of benzene rings is 1. The monoisotopic (exact) mass is 326 g/mol. The van der Waals surface area contributed by atoms with Gasteiger partial charge in [0.2, 0.25) is 10.0 Å². The molecule has 1 aromatic carbocycles. The van der Waals surface area contributed by atoms with Crippen molar-refractivity contribution in [1.29, 1.82) is 0 Å². The number of methoxy groups -OCH3 is 1. The average Bonchev–Trinajstić information content (AvgIpc) is 2.49. The fourth-order valence-corrected chi connectivity index (χ4v) is 3.84. The molecule has 2 rings (SSSR count). The third-order valence-corrected chi connectivity index (χ3v) is 5.48. The molecule has 0 amide bonds. The zero-order chi connectivity index (χ0) is 16.3. The van der Waals surface area contributed by atoms with Gasteiger partial charge in [0.15, 0.2) is 0 Å². The lowest BCUT2D eigenvalue weighted by Crippen LogP contribution is -2.43. The van der Waals surface area contributed by atoms with Crippen LogP contribution in [0.2, 0.25) is 0 Å². The van der Waals surface area contributed by atoms with Gasteiger partial charge < -0.3 is 9.64 Å². The van der Waals surface area contributed by atoms with Crippen LogP contribution in [0.3, 0.4) is 0 Å². The first-order valence-electron chi connectivity index (χ1n) is 7.23. The van der Waals surface area contributed by atoms with E-state index in [1.54, 1.807) is 13.0 Å². The maximum Gasteiger partial charge on any atom is 0.338 e. The van der Waals surface area contributed by atoms with Crippen molar-refractivity contribution in [1.82, 2.24) is 9.62 Å². The quantitative estimate of drug-likeness (QED) is 0.840. The third kappa shape index (κ3) is 3.85. The second-order valence-electron chi connectivity index (χ2n) is 5.67. The fourth-order valence-electron chi connectivity index (χ4n) is 2.51. The Bertz CT molecular complexity index is 650. The molecule has 1 N–H and O–H groups in total. The van der Waals surface area contributed by atoms with Crippen molar-refractivity contribution in [2.75, 3.05) is 27.2 Å². The van der Waals surface area contributed by atoms with E-state index in [9.17, 15) is 13.2 Å². The summed E-state index contributed by atoms with van der Waals surface area (Å²) in [5.41, 5.74) is 0.957. The zero-order valence-electron chi connectivity index (χ0n) is 13.1. The highest BCUT2D eigenvalue weighted by molar-refractivity contribution is 7.89. The van der Waals surface area contributed by atoms with E-state index < -0.39 is 16.0 Å². The van der Waals surface area contributed by atoms with Crippen molar-refractivity contribution in [3.05, 3.63) is 29.3 Å². The van der Waals surface area contributed by atoms with Crippen molar-refractivity contribution < 1.29 is 17.9 Å². The molecular weight excluding hydrogens is 304 g/mol. The van der Waals surface area contributed by atoms with E-state index in [4.69, 9.17) is 0 Å². The third-order valence-electron chi connectivity index (χ3n) is 3.97. The molecule has 0 atom stereocenters. The van der Waals surface area contributed by atoms with Crippen LogP contribution in [-0.2, 0) is 14.8 Å². The van der Waals surface area contributed by atoms with Crippen molar-refractivity contribution in [3.8, 4) is 0 Å². The maximum absolute atomic E-state index is 12.5. The Morgan fingerprint density at radius 2 is 1.95 bits per heavy atom. The molecule has 1 aliphatic rings. The molecule has 0 unspecified atom stereocenters. The average molecular weight is 326 g/mol. The number of nitrogens with one attached hydrogen (secondary N) is 1. The number of likely N-dealkylation sites (tertiary alicyclic amines) is 1. The molecule has 7 heteroatoms. The molecule has 122 valence electrons. The Hall–Kier alpha value is -1.44. The van der Waals surface area contributed by atoms with Crippen LogP contribution in [0.5, 0.6) is 0 Å². The van der Waals surface area contributed by atoms with Crippen molar-refractivity contribution >= 4 is 16.0 Å². The van der Waals surface area contributed by atoms with Crippen LogP contribution in [-0.4, -0.2) is 52.6 Å². The highest BCUT2D eigenvalue weighted by Gasteiger charge is 2.24. The molecule has 0 aliphatic carbocycles. The Morgan fingerprint density at radius 1 is 1.32 bits per heavy atom. The molecule has 22 heavy (non-hydrogen) atoms. The Balaban J connectivity index is 2.20. The van der Waals surface area contributed by atoms with Gasteiger partial charge in [-0.05, 0) is 57.6 Å². The first kappa shape index (κ1) is 16.9. The molecule has 1 saturated heterocycles. The van der Waals surface area contributed by atoms with E-state index in [-0.39, 0.29) is 16.5 Å². The van der Waals surface area contributed by atoms with E-state index in [1.807, 2.05) is 7.05 Å². The van der Waals surface area contributed by atoms with Crippen LogP contribution >= 0.6 is 0 Å². The SMILES string of the molecule is COC(=O)c1cc(S(=O)(=O)NC2CCN(C)CC2)ccc1C. The van der Waals surface area contributed by atoms with Gasteiger partial charge in [-0.3, -0.25) is 0 Å². The maximum atomic E-state index is 12.5. The van der Waals surface area contributed by atoms with Crippen LogP contribution in [0.25, 0.3) is 0 Å². The highest BCUT2D eigenvalue weighted by Crippen LogP contribution is 2.18. The summed E-state index contributed by atoms with van der Waals surface area (Å²) in [4.78, 5) is 14.0. The topological polar surface area (TPSA) is 75.7 Å². The molecule has 1 aromatic rings. The molecule has 0 spiro atoms. The number of hydrogen-bond donors (Lipinski definition) is 1. The lowest BCUT2D eigenvalue weighted by molar-refractivity contribution is 0.0599. The molecular formula is C15H22N2O4S. The van der Waals surface area contributed by atoms with E-state index in [1.165, 1.54) is 19.2 Å². The number of nitrogens with zero attached hydrogens (tertiary/aromatic N) is 1. The second kappa shape index (κ2) is 6.76. The van der Waals surface area contributed by atoms with Gasteiger partial charge in [0, 0.05) is 6.04 Å². The lowest BCUT2D eigenvalue weighted by atomic mass is 10.1. The van der Waals surface area contributed by atoms with E-state index in [2.05, 4.69) is 14.4 Å². The fraction of sp³-hybridized carbons (Fsp3) is 0.533. The summed E-state index contributed by atoms with van der Waals surface area (Å²) in [5, 5.41) is 0. The summed E-state index contributed by atoms with van der Waals surface area (Å²) in [7, 11) is -0.336. The summed E-state index contributed by atoms with van der Waals surface area (Å²) in [6, 6.07) is 4.44. The minimum atomic E-state index is -3.63. The summed E-state index contributed by atoms with van der Waals surface area (Å²) < 4.78 is 32.4. The van der Waals surface area contributed by atoms with Crippen LogP contribution in [0.1, 0.15) is 28.8 Å². The normalized spacial score (nSPS) is 17.4. The van der Waals surface area contributed by atoms with E-state index >= 15 is 0 Å². The predicted molar refractivity (Wildman–Crippen MR) is 83.4 cm³/mol. The molecule has 0 radical (unpaired) electrons. The number of esters is 1. The van der Waals surface area contributed by atoms with Crippen molar-refractivity contribution in [3.63, 3.8) is 0 Å². The minimum Gasteiger partial charge on any atom is -0.465 e. The number of hydrogen-bond acceptors (Lipinski definition) is 5. The molecule has 6 nitrogen and oxygen atoms in total. The Kier molecular flexibility index (Phi) is 5.20. The Morgan fingerprint density at radius 3 is 2.55 bits per heavy atom. The first-order valence-corrected chi connectivity index (χ1v) is 8.71. The van der Waals surface area contributed by atoms with E-state index in [0.717, 1.165) is 25.9 Å². The molecule has 0 aromatic heterocycles. The van der Waals surface area contributed by atoms with Crippen molar-refractivity contribution in [2.24, 2.45) is 0 Å². The zero-order valence-corrected chi connectivity index (χ0v) is 13.9. The first-order chi connectivity index (χ1) is 10.3. The molecule has 1 heterocycles. The number of piperidine rings is 1. The molecule has 0 bridgehead atoms. The smallest absolute Gasteiger partial charge is 0.338 e. The van der Waals surface area contributed by atoms with Gasteiger partial charge in [-0.1, -0.05) is 6.07 Å². The summed E-state index contributed by atoms with van der Waals surface area (Å²) in [5.74, 6) is -0.533. The van der Waals surface area contributed by atoms with Crippen LogP contribution in [0.4, 0.5) is 0 Å². The summed E-state index contributed by atoms with van der Waals surface area (Å²) in [6.07, 6.45) is 1.57. The molecule has 1 fully saturated rings.